The summed E-state index contributed by atoms with van der Waals surface area (Å²) in [6, 6.07) is 15.6. The van der Waals surface area contributed by atoms with Gasteiger partial charge in [0.15, 0.2) is 0 Å². The minimum absolute atomic E-state index is 0.135. The van der Waals surface area contributed by atoms with Crippen molar-refractivity contribution in [1.82, 2.24) is 20.5 Å². The number of fused-ring (bicyclic) bond motifs is 1. The standard InChI is InChI=1S/C26H33N5O/c1-18-12-13-23(30-29-18)21-16-19-8-6-7-11-22(19)28-26(21)31-15-14-24(25(17-31)32-2)27-20-9-4-3-5-10-20/h6-8,11-13,16,20,24-25,27H,3-5,9-10,14-15,17H2,1-2H3/t24-,25+/m1/s1. The quantitative estimate of drug-likeness (QED) is 0.641. The van der Waals surface area contributed by atoms with Crippen LogP contribution in [0.1, 0.15) is 44.2 Å². The second-order valence-corrected chi connectivity index (χ2v) is 9.23. The van der Waals surface area contributed by atoms with E-state index in [1.807, 2.05) is 32.2 Å². The summed E-state index contributed by atoms with van der Waals surface area (Å²) in [5.74, 6) is 0.972. The zero-order valence-corrected chi connectivity index (χ0v) is 19.1. The van der Waals surface area contributed by atoms with E-state index in [1.165, 1.54) is 32.1 Å². The van der Waals surface area contributed by atoms with Crippen LogP contribution in [0.15, 0.2) is 42.5 Å². The maximum atomic E-state index is 5.99. The first kappa shape index (κ1) is 21.3. The molecule has 1 aliphatic heterocycles. The number of nitrogens with one attached hydrogen (secondary N) is 1. The molecule has 32 heavy (non-hydrogen) atoms. The number of pyridine rings is 1. The Kier molecular flexibility index (Phi) is 6.32. The molecule has 0 spiro atoms. The molecule has 1 aliphatic carbocycles. The number of hydrogen-bond donors (Lipinski definition) is 1. The van der Waals surface area contributed by atoms with Crippen LogP contribution < -0.4 is 10.2 Å². The van der Waals surface area contributed by atoms with E-state index in [4.69, 9.17) is 9.72 Å². The molecule has 6 nitrogen and oxygen atoms in total. The highest BCUT2D eigenvalue weighted by atomic mass is 16.5. The van der Waals surface area contributed by atoms with Gasteiger partial charge in [-0.1, -0.05) is 37.5 Å². The fourth-order valence-corrected chi connectivity index (χ4v) is 5.19. The molecule has 5 rings (SSSR count). The Bertz CT molecular complexity index is 1050. The first-order valence-corrected chi connectivity index (χ1v) is 12.0. The third-order valence-electron chi connectivity index (χ3n) is 6.99. The molecule has 2 atom stereocenters. The fourth-order valence-electron chi connectivity index (χ4n) is 5.19. The largest absolute Gasteiger partial charge is 0.378 e. The van der Waals surface area contributed by atoms with E-state index < -0.39 is 0 Å². The minimum atomic E-state index is 0.135. The van der Waals surface area contributed by atoms with E-state index in [0.717, 1.165) is 53.2 Å². The van der Waals surface area contributed by atoms with E-state index in [-0.39, 0.29) is 6.10 Å². The molecule has 0 amide bonds. The van der Waals surface area contributed by atoms with Gasteiger partial charge in [-0.15, -0.1) is 0 Å². The van der Waals surface area contributed by atoms with Crippen molar-refractivity contribution in [3.8, 4) is 11.3 Å². The van der Waals surface area contributed by atoms with Gasteiger partial charge in [0.1, 0.15) is 5.82 Å². The molecule has 2 aromatic heterocycles. The van der Waals surface area contributed by atoms with Crippen molar-refractivity contribution in [2.45, 2.75) is 63.6 Å². The second kappa shape index (κ2) is 9.51. The Morgan fingerprint density at radius 2 is 1.84 bits per heavy atom. The van der Waals surface area contributed by atoms with Crippen molar-refractivity contribution in [2.75, 3.05) is 25.1 Å². The van der Waals surface area contributed by atoms with Gasteiger partial charge < -0.3 is 15.0 Å². The average Bonchev–Trinajstić information content (AvgIpc) is 2.84. The number of aromatic nitrogens is 3. The topological polar surface area (TPSA) is 63.2 Å². The zero-order chi connectivity index (χ0) is 21.9. The molecule has 0 unspecified atom stereocenters. The molecule has 6 heteroatoms. The van der Waals surface area contributed by atoms with Crippen LogP contribution in [0.25, 0.3) is 22.2 Å². The summed E-state index contributed by atoms with van der Waals surface area (Å²) in [5.41, 5.74) is 3.81. The molecule has 0 radical (unpaired) electrons. The lowest BCUT2D eigenvalue weighted by molar-refractivity contribution is 0.0534. The van der Waals surface area contributed by atoms with Gasteiger partial charge in [-0.2, -0.15) is 10.2 Å². The Morgan fingerprint density at radius 1 is 1.00 bits per heavy atom. The molecule has 3 heterocycles. The molecule has 2 fully saturated rings. The van der Waals surface area contributed by atoms with Crippen molar-refractivity contribution in [3.63, 3.8) is 0 Å². The summed E-state index contributed by atoms with van der Waals surface area (Å²) in [6.07, 6.45) is 7.83. The van der Waals surface area contributed by atoms with Crippen LogP contribution in [0.2, 0.25) is 0 Å². The van der Waals surface area contributed by atoms with Crippen LogP contribution in [0.4, 0.5) is 5.82 Å². The van der Waals surface area contributed by atoms with E-state index >= 15 is 0 Å². The summed E-state index contributed by atoms with van der Waals surface area (Å²) in [7, 11) is 1.84. The van der Waals surface area contributed by atoms with Crippen LogP contribution in [0.5, 0.6) is 0 Å². The Morgan fingerprint density at radius 3 is 2.62 bits per heavy atom. The molecule has 3 aromatic rings. The van der Waals surface area contributed by atoms with Gasteiger partial charge in [0.2, 0.25) is 0 Å². The van der Waals surface area contributed by atoms with E-state index in [2.05, 4.69) is 44.7 Å². The number of piperidine rings is 1. The van der Waals surface area contributed by atoms with Gasteiger partial charge in [-0.05, 0) is 50.5 Å². The number of anilines is 1. The fraction of sp³-hybridized carbons (Fsp3) is 0.500. The summed E-state index contributed by atoms with van der Waals surface area (Å²) in [5, 5.41) is 13.8. The third kappa shape index (κ3) is 4.48. The Labute approximate surface area is 190 Å². The predicted octanol–water partition coefficient (Wildman–Crippen LogP) is 4.52. The summed E-state index contributed by atoms with van der Waals surface area (Å²) in [6.45, 7) is 3.73. The number of nitrogens with zero attached hydrogens (tertiary/aromatic N) is 4. The summed E-state index contributed by atoms with van der Waals surface area (Å²) in [4.78, 5) is 7.46. The first-order chi connectivity index (χ1) is 15.7. The van der Waals surface area contributed by atoms with Crippen LogP contribution in [0, 0.1) is 6.92 Å². The first-order valence-electron chi connectivity index (χ1n) is 12.0. The number of methoxy groups -OCH3 is 1. The van der Waals surface area contributed by atoms with Crippen molar-refractivity contribution < 1.29 is 4.74 Å². The molecular formula is C26H33N5O. The minimum Gasteiger partial charge on any atom is -0.378 e. The zero-order valence-electron chi connectivity index (χ0n) is 19.1. The van der Waals surface area contributed by atoms with Gasteiger partial charge in [-0.3, -0.25) is 0 Å². The lowest BCUT2D eigenvalue weighted by Gasteiger charge is -2.41. The maximum absolute atomic E-state index is 5.99. The van der Waals surface area contributed by atoms with Gasteiger partial charge in [-0.25, -0.2) is 4.98 Å². The molecule has 1 N–H and O–H groups in total. The third-order valence-corrected chi connectivity index (χ3v) is 6.99. The molecule has 2 aliphatic rings. The highest BCUT2D eigenvalue weighted by Gasteiger charge is 2.33. The molecule has 0 bridgehead atoms. The van der Waals surface area contributed by atoms with E-state index in [1.54, 1.807) is 0 Å². The Hall–Kier alpha value is -2.57. The lowest BCUT2D eigenvalue weighted by Crippen LogP contribution is -2.56. The monoisotopic (exact) mass is 431 g/mol. The van der Waals surface area contributed by atoms with Gasteiger partial charge >= 0.3 is 0 Å². The van der Waals surface area contributed by atoms with Crippen LogP contribution in [-0.2, 0) is 4.74 Å². The van der Waals surface area contributed by atoms with Crippen molar-refractivity contribution in [1.29, 1.82) is 0 Å². The number of aryl methyl sites for hydroxylation is 1. The maximum Gasteiger partial charge on any atom is 0.138 e. The summed E-state index contributed by atoms with van der Waals surface area (Å²) >= 11 is 0. The SMILES string of the molecule is CO[C@H]1CN(c2nc3ccccc3cc2-c2ccc(C)nn2)CC[C@H]1NC1CCCCC1. The van der Waals surface area contributed by atoms with Gasteiger partial charge in [0.05, 0.1) is 23.0 Å². The second-order valence-electron chi connectivity index (χ2n) is 9.23. The van der Waals surface area contributed by atoms with Crippen molar-refractivity contribution in [3.05, 3.63) is 48.2 Å². The number of ether oxygens (including phenoxy) is 1. The molecule has 1 saturated heterocycles. The molecule has 1 saturated carbocycles. The van der Waals surface area contributed by atoms with Gasteiger partial charge in [0, 0.05) is 43.2 Å². The molecular weight excluding hydrogens is 398 g/mol. The number of rotatable bonds is 5. The normalized spacial score (nSPS) is 22.4. The number of benzene rings is 1. The van der Waals surface area contributed by atoms with Crippen molar-refractivity contribution in [2.24, 2.45) is 0 Å². The average molecular weight is 432 g/mol. The highest BCUT2D eigenvalue weighted by molar-refractivity contribution is 5.88. The lowest BCUT2D eigenvalue weighted by atomic mass is 9.92. The Balaban J connectivity index is 1.44. The van der Waals surface area contributed by atoms with Crippen LogP contribution in [0.3, 0.4) is 0 Å². The van der Waals surface area contributed by atoms with Crippen LogP contribution in [-0.4, -0.2) is 53.6 Å². The van der Waals surface area contributed by atoms with E-state index in [9.17, 15) is 0 Å². The summed E-state index contributed by atoms with van der Waals surface area (Å²) < 4.78 is 5.99. The molecule has 168 valence electrons. The van der Waals surface area contributed by atoms with Gasteiger partial charge in [0.25, 0.3) is 0 Å². The molecule has 1 aromatic carbocycles. The van der Waals surface area contributed by atoms with E-state index in [0.29, 0.717) is 12.1 Å². The number of para-hydroxylation sites is 1. The predicted molar refractivity (Wildman–Crippen MR) is 129 cm³/mol. The highest BCUT2D eigenvalue weighted by Crippen LogP contribution is 2.33. The van der Waals surface area contributed by atoms with Crippen molar-refractivity contribution >= 4 is 16.7 Å². The van der Waals surface area contributed by atoms with Crippen LogP contribution >= 0.6 is 0 Å². The smallest absolute Gasteiger partial charge is 0.138 e. The number of hydrogen-bond acceptors (Lipinski definition) is 6.